The first-order chi connectivity index (χ1) is 15.1. The van der Waals surface area contributed by atoms with Gasteiger partial charge in [-0.3, -0.25) is 4.79 Å². The van der Waals surface area contributed by atoms with Crippen LogP contribution in [0.3, 0.4) is 0 Å². The Morgan fingerprint density at radius 1 is 0.938 bits per heavy atom. The summed E-state index contributed by atoms with van der Waals surface area (Å²) in [5, 5.41) is 0. The number of nitrogens with zero attached hydrogens (tertiary/aromatic N) is 2. The van der Waals surface area contributed by atoms with Crippen molar-refractivity contribution in [3.8, 4) is 0 Å². The van der Waals surface area contributed by atoms with E-state index in [0.29, 0.717) is 25.1 Å². The van der Waals surface area contributed by atoms with Gasteiger partial charge in [0.25, 0.3) is 0 Å². The van der Waals surface area contributed by atoms with Gasteiger partial charge in [0, 0.05) is 33.1 Å². The first kappa shape index (κ1) is 24.3. The van der Waals surface area contributed by atoms with E-state index in [2.05, 4.69) is 0 Å². The Morgan fingerprint density at radius 3 is 2.06 bits per heavy atom. The Hall–Kier alpha value is -2.39. The molecule has 2 aromatic rings. The molecule has 32 heavy (non-hydrogen) atoms. The van der Waals surface area contributed by atoms with E-state index in [9.17, 15) is 26.4 Å². The second kappa shape index (κ2) is 10.0. The minimum atomic E-state index is -4.39. The summed E-state index contributed by atoms with van der Waals surface area (Å²) in [4.78, 5) is 14.2. The molecule has 1 aliphatic heterocycles. The zero-order valence-corrected chi connectivity index (χ0v) is 18.8. The molecule has 1 aliphatic rings. The summed E-state index contributed by atoms with van der Waals surface area (Å²) >= 11 is 0. The molecule has 0 aliphatic carbocycles. The van der Waals surface area contributed by atoms with Crippen LogP contribution >= 0.6 is 0 Å². The largest absolute Gasteiger partial charge is 0.416 e. The molecule has 0 saturated carbocycles. The number of rotatable bonds is 7. The fourth-order valence-electron chi connectivity index (χ4n) is 3.69. The number of carbonyl (C=O) groups excluding carboxylic acids is 1. The van der Waals surface area contributed by atoms with Crippen molar-refractivity contribution in [2.24, 2.45) is 0 Å². The lowest BCUT2D eigenvalue weighted by Crippen LogP contribution is -2.35. The molecule has 0 unspecified atom stereocenters. The maximum Gasteiger partial charge on any atom is 0.416 e. The van der Waals surface area contributed by atoms with Crippen molar-refractivity contribution in [3.05, 3.63) is 65.2 Å². The van der Waals surface area contributed by atoms with Gasteiger partial charge in [0.2, 0.25) is 15.9 Å². The second-order valence-electron chi connectivity index (χ2n) is 8.05. The average Bonchev–Trinajstić information content (AvgIpc) is 2.78. The second-order valence-corrected chi connectivity index (χ2v) is 9.99. The minimum Gasteiger partial charge on any atom is -0.341 e. The van der Waals surface area contributed by atoms with Crippen LogP contribution in [0.25, 0.3) is 0 Å². The predicted octanol–water partition coefficient (Wildman–Crippen LogP) is 4.47. The molecule has 0 spiro atoms. The lowest BCUT2D eigenvalue weighted by atomic mass is 10.1. The molecule has 1 saturated heterocycles. The minimum absolute atomic E-state index is 0.144. The van der Waals surface area contributed by atoms with Crippen LogP contribution in [0.2, 0.25) is 0 Å². The van der Waals surface area contributed by atoms with Crippen LogP contribution in [-0.4, -0.2) is 43.7 Å². The Morgan fingerprint density at radius 2 is 1.50 bits per heavy atom. The van der Waals surface area contributed by atoms with Crippen molar-refractivity contribution < 1.29 is 26.4 Å². The predicted molar refractivity (Wildman–Crippen MR) is 115 cm³/mol. The van der Waals surface area contributed by atoms with E-state index >= 15 is 0 Å². The van der Waals surface area contributed by atoms with E-state index in [1.165, 1.54) is 21.3 Å². The smallest absolute Gasteiger partial charge is 0.341 e. The lowest BCUT2D eigenvalue weighted by Gasteiger charge is -2.25. The molecule has 3 rings (SSSR count). The molecule has 0 radical (unpaired) electrons. The summed E-state index contributed by atoms with van der Waals surface area (Å²) in [5.74, 6) is -0.144. The van der Waals surface area contributed by atoms with Crippen molar-refractivity contribution in [2.45, 2.75) is 49.7 Å². The van der Waals surface area contributed by atoms with E-state index in [1.807, 2.05) is 0 Å². The summed E-state index contributed by atoms with van der Waals surface area (Å²) in [6.45, 7) is 1.30. The highest BCUT2D eigenvalue weighted by atomic mass is 32.2. The Labute approximate surface area is 186 Å². The SMILES string of the molecule is CN(Cc1ccc(C(F)(F)F)cc1)C(=O)CCc1ccc(S(=O)(=O)N2CCCCC2)cc1. The van der Waals surface area contributed by atoms with Crippen LogP contribution in [0.15, 0.2) is 53.4 Å². The molecular weight excluding hydrogens is 441 g/mol. The van der Waals surface area contributed by atoms with Crippen LogP contribution in [0.5, 0.6) is 0 Å². The number of alkyl halides is 3. The molecule has 1 amide bonds. The lowest BCUT2D eigenvalue weighted by molar-refractivity contribution is -0.137. The number of hydrogen-bond acceptors (Lipinski definition) is 3. The molecule has 5 nitrogen and oxygen atoms in total. The molecule has 0 aromatic heterocycles. The van der Waals surface area contributed by atoms with Gasteiger partial charge in [0.05, 0.1) is 10.5 Å². The number of carbonyl (C=O) groups is 1. The van der Waals surface area contributed by atoms with Gasteiger partial charge in [-0.25, -0.2) is 8.42 Å². The molecule has 1 heterocycles. The van der Waals surface area contributed by atoms with Crippen LogP contribution in [0.4, 0.5) is 13.2 Å². The highest BCUT2D eigenvalue weighted by Crippen LogP contribution is 2.29. The van der Waals surface area contributed by atoms with E-state index in [-0.39, 0.29) is 23.8 Å². The maximum atomic E-state index is 12.7. The van der Waals surface area contributed by atoms with Gasteiger partial charge in [-0.15, -0.1) is 0 Å². The molecule has 2 aromatic carbocycles. The van der Waals surface area contributed by atoms with Crippen molar-refractivity contribution in [3.63, 3.8) is 0 Å². The van der Waals surface area contributed by atoms with Gasteiger partial charge < -0.3 is 4.90 Å². The number of amides is 1. The van der Waals surface area contributed by atoms with Crippen LogP contribution in [-0.2, 0) is 34.0 Å². The topological polar surface area (TPSA) is 57.7 Å². The molecule has 0 N–H and O–H groups in total. The summed E-state index contributed by atoms with van der Waals surface area (Å²) in [7, 11) is -1.88. The van der Waals surface area contributed by atoms with Crippen LogP contribution in [0, 0.1) is 0 Å². The summed E-state index contributed by atoms with van der Waals surface area (Å²) in [5.41, 5.74) is 0.737. The average molecular weight is 469 g/mol. The highest BCUT2D eigenvalue weighted by molar-refractivity contribution is 7.89. The standard InChI is InChI=1S/C23H27F3N2O3S/c1-27(17-19-5-10-20(11-6-19)23(24,25)26)22(29)14-9-18-7-12-21(13-8-18)32(30,31)28-15-3-2-4-16-28/h5-8,10-13H,2-4,9,14-17H2,1H3. The third kappa shape index (κ3) is 6.10. The summed E-state index contributed by atoms with van der Waals surface area (Å²) < 4.78 is 64.9. The summed E-state index contributed by atoms with van der Waals surface area (Å²) in [6, 6.07) is 11.4. The Balaban J connectivity index is 1.53. The quantitative estimate of drug-likeness (QED) is 0.603. The van der Waals surface area contributed by atoms with Crippen molar-refractivity contribution in [2.75, 3.05) is 20.1 Å². The maximum absolute atomic E-state index is 12.7. The number of piperidine rings is 1. The number of hydrogen-bond donors (Lipinski definition) is 0. The molecule has 0 atom stereocenters. The number of aryl methyl sites for hydroxylation is 1. The molecule has 1 fully saturated rings. The van der Waals surface area contributed by atoms with Gasteiger partial charge in [-0.2, -0.15) is 17.5 Å². The monoisotopic (exact) mass is 468 g/mol. The first-order valence-corrected chi connectivity index (χ1v) is 12.0. The Kier molecular flexibility index (Phi) is 7.61. The van der Waals surface area contributed by atoms with E-state index in [0.717, 1.165) is 37.0 Å². The van der Waals surface area contributed by atoms with Gasteiger partial charge in [-0.1, -0.05) is 30.7 Å². The first-order valence-electron chi connectivity index (χ1n) is 10.6. The van der Waals surface area contributed by atoms with Gasteiger partial charge in [0.1, 0.15) is 0 Å². The number of benzene rings is 2. The fourth-order valence-corrected chi connectivity index (χ4v) is 5.20. The highest BCUT2D eigenvalue weighted by Gasteiger charge is 2.30. The molecule has 0 bridgehead atoms. The normalized spacial score (nSPS) is 15.5. The summed E-state index contributed by atoms with van der Waals surface area (Å²) in [6.07, 6.45) is -0.927. The zero-order valence-electron chi connectivity index (χ0n) is 17.9. The van der Waals surface area contributed by atoms with Gasteiger partial charge in [0.15, 0.2) is 0 Å². The Bertz CT molecular complexity index is 1010. The van der Waals surface area contributed by atoms with Crippen molar-refractivity contribution in [1.82, 2.24) is 9.21 Å². The third-order valence-corrected chi connectivity index (χ3v) is 7.54. The van der Waals surface area contributed by atoms with E-state index < -0.39 is 21.8 Å². The molecular formula is C23H27F3N2O3S. The number of sulfonamides is 1. The molecule has 174 valence electrons. The third-order valence-electron chi connectivity index (χ3n) is 5.63. The van der Waals surface area contributed by atoms with Gasteiger partial charge in [-0.05, 0) is 54.7 Å². The van der Waals surface area contributed by atoms with E-state index in [1.54, 1.807) is 31.3 Å². The van der Waals surface area contributed by atoms with Crippen molar-refractivity contribution in [1.29, 1.82) is 0 Å². The zero-order chi connectivity index (χ0) is 23.4. The van der Waals surface area contributed by atoms with Crippen LogP contribution in [0.1, 0.15) is 42.4 Å². The number of halogens is 3. The van der Waals surface area contributed by atoms with Crippen LogP contribution < -0.4 is 0 Å². The molecule has 9 heteroatoms. The van der Waals surface area contributed by atoms with Crippen molar-refractivity contribution >= 4 is 15.9 Å². The van der Waals surface area contributed by atoms with Gasteiger partial charge >= 0.3 is 6.18 Å². The van der Waals surface area contributed by atoms with E-state index in [4.69, 9.17) is 0 Å². The fraction of sp³-hybridized carbons (Fsp3) is 0.435.